The zero-order valence-electron chi connectivity index (χ0n) is 14.2. The third kappa shape index (κ3) is 4.47. The number of likely N-dealkylation sites (tertiary alicyclic amines) is 1. The number of rotatable bonds is 4. The Morgan fingerprint density at radius 3 is 2.70 bits per heavy atom. The predicted octanol–water partition coefficient (Wildman–Crippen LogP) is 3.81. The SMILES string of the molecule is O=C(O)c1ccccc1CC(=O)N1CCCC(c2nc(C(F)(F)F)cs2)C1. The van der Waals surface area contributed by atoms with E-state index in [-0.39, 0.29) is 23.8 Å². The molecule has 1 fully saturated rings. The summed E-state index contributed by atoms with van der Waals surface area (Å²) in [6, 6.07) is 6.30. The number of halogens is 3. The number of carbonyl (C=O) groups is 2. The van der Waals surface area contributed by atoms with Gasteiger partial charge in [0.15, 0.2) is 5.69 Å². The van der Waals surface area contributed by atoms with Crippen LogP contribution in [0.1, 0.15) is 45.4 Å². The van der Waals surface area contributed by atoms with Crippen molar-refractivity contribution in [2.75, 3.05) is 13.1 Å². The summed E-state index contributed by atoms with van der Waals surface area (Å²) in [5.74, 6) is -1.57. The lowest BCUT2D eigenvalue weighted by Gasteiger charge is -2.32. The number of amides is 1. The molecule has 1 amide bonds. The van der Waals surface area contributed by atoms with Crippen LogP contribution in [0.5, 0.6) is 0 Å². The third-order valence-corrected chi connectivity index (χ3v) is 5.53. The minimum absolute atomic E-state index is 0.0547. The van der Waals surface area contributed by atoms with Gasteiger partial charge in [-0.15, -0.1) is 11.3 Å². The van der Waals surface area contributed by atoms with Gasteiger partial charge in [0.25, 0.3) is 0 Å². The van der Waals surface area contributed by atoms with Crippen molar-refractivity contribution in [1.82, 2.24) is 9.88 Å². The minimum Gasteiger partial charge on any atom is -0.478 e. The molecule has 1 aliphatic rings. The van der Waals surface area contributed by atoms with Gasteiger partial charge >= 0.3 is 12.1 Å². The van der Waals surface area contributed by atoms with Gasteiger partial charge in [0.1, 0.15) is 0 Å². The van der Waals surface area contributed by atoms with Crippen LogP contribution in [0.25, 0.3) is 0 Å². The second kappa shape index (κ2) is 7.67. The molecule has 0 saturated carbocycles. The van der Waals surface area contributed by atoms with Gasteiger partial charge in [-0.25, -0.2) is 9.78 Å². The molecule has 1 aliphatic heterocycles. The first-order valence-electron chi connectivity index (χ1n) is 8.37. The summed E-state index contributed by atoms with van der Waals surface area (Å²) in [6.45, 7) is 0.793. The highest BCUT2D eigenvalue weighted by molar-refractivity contribution is 7.09. The molecule has 27 heavy (non-hydrogen) atoms. The zero-order chi connectivity index (χ0) is 19.6. The standard InChI is InChI=1S/C18H17F3N2O3S/c19-18(20,21)14-10-27-16(22-14)12-5-3-7-23(9-12)15(24)8-11-4-1-2-6-13(11)17(25)26/h1-2,4,6,10,12H,3,5,7-9H2,(H,25,26). The maximum Gasteiger partial charge on any atom is 0.434 e. The molecule has 3 rings (SSSR count). The number of carboxylic acid groups (broad SMARTS) is 1. The Bertz CT molecular complexity index is 850. The first-order chi connectivity index (χ1) is 12.8. The lowest BCUT2D eigenvalue weighted by atomic mass is 9.97. The Balaban J connectivity index is 1.70. The van der Waals surface area contributed by atoms with E-state index in [2.05, 4.69) is 4.98 Å². The van der Waals surface area contributed by atoms with E-state index >= 15 is 0 Å². The molecule has 1 atom stereocenters. The summed E-state index contributed by atoms with van der Waals surface area (Å²) in [7, 11) is 0. The Morgan fingerprint density at radius 2 is 2.04 bits per heavy atom. The number of aromatic carboxylic acids is 1. The van der Waals surface area contributed by atoms with Crippen molar-refractivity contribution in [2.24, 2.45) is 0 Å². The van der Waals surface area contributed by atoms with Gasteiger partial charge in [-0.1, -0.05) is 18.2 Å². The number of alkyl halides is 3. The molecule has 5 nitrogen and oxygen atoms in total. The van der Waals surface area contributed by atoms with Crippen molar-refractivity contribution in [2.45, 2.75) is 31.4 Å². The topological polar surface area (TPSA) is 70.5 Å². The van der Waals surface area contributed by atoms with Crippen molar-refractivity contribution in [3.05, 3.63) is 51.5 Å². The van der Waals surface area contributed by atoms with Gasteiger partial charge in [0, 0.05) is 24.4 Å². The number of benzene rings is 1. The van der Waals surface area contributed by atoms with Crippen LogP contribution in [-0.4, -0.2) is 40.0 Å². The average molecular weight is 398 g/mol. The summed E-state index contributed by atoms with van der Waals surface area (Å²) in [5.41, 5.74) is -0.402. The van der Waals surface area contributed by atoms with Crippen LogP contribution in [0.2, 0.25) is 0 Å². The van der Waals surface area contributed by atoms with Gasteiger partial charge in [-0.2, -0.15) is 13.2 Å². The summed E-state index contributed by atoms with van der Waals surface area (Å²) in [5, 5.41) is 10.6. The number of hydrogen-bond acceptors (Lipinski definition) is 4. The van der Waals surface area contributed by atoms with E-state index in [0.29, 0.717) is 36.5 Å². The summed E-state index contributed by atoms with van der Waals surface area (Å²) >= 11 is 0.960. The van der Waals surface area contributed by atoms with Crippen LogP contribution >= 0.6 is 11.3 Å². The minimum atomic E-state index is -4.47. The molecule has 1 aromatic heterocycles. The fourth-order valence-corrected chi connectivity index (χ4v) is 4.12. The molecule has 144 valence electrons. The predicted molar refractivity (Wildman–Crippen MR) is 92.8 cm³/mol. The van der Waals surface area contributed by atoms with Crippen LogP contribution in [-0.2, 0) is 17.4 Å². The number of thiazole rings is 1. The lowest BCUT2D eigenvalue weighted by Crippen LogP contribution is -2.40. The number of carboxylic acids is 1. The third-order valence-electron chi connectivity index (χ3n) is 4.53. The maximum absolute atomic E-state index is 12.8. The molecule has 2 heterocycles. The van der Waals surface area contributed by atoms with Crippen molar-refractivity contribution >= 4 is 23.2 Å². The molecular formula is C18H17F3N2O3S. The first kappa shape index (κ1) is 19.3. The van der Waals surface area contributed by atoms with E-state index in [9.17, 15) is 27.9 Å². The lowest BCUT2D eigenvalue weighted by molar-refractivity contribution is -0.141. The molecule has 0 radical (unpaired) electrons. The normalized spacial score (nSPS) is 17.7. The van der Waals surface area contributed by atoms with E-state index in [1.54, 1.807) is 23.1 Å². The molecule has 1 aromatic carbocycles. The van der Waals surface area contributed by atoms with Crippen molar-refractivity contribution < 1.29 is 27.9 Å². The number of nitrogens with zero attached hydrogens (tertiary/aromatic N) is 2. The number of aromatic nitrogens is 1. The Morgan fingerprint density at radius 1 is 1.30 bits per heavy atom. The van der Waals surface area contributed by atoms with E-state index in [1.165, 1.54) is 6.07 Å². The molecule has 1 saturated heterocycles. The Labute approximate surface area is 157 Å². The van der Waals surface area contributed by atoms with Crippen molar-refractivity contribution in [3.63, 3.8) is 0 Å². The number of hydrogen-bond donors (Lipinski definition) is 1. The second-order valence-corrected chi connectivity index (χ2v) is 7.28. The molecule has 2 aromatic rings. The van der Waals surface area contributed by atoms with Gasteiger partial charge in [-0.05, 0) is 24.5 Å². The molecule has 9 heteroatoms. The largest absolute Gasteiger partial charge is 0.478 e. The maximum atomic E-state index is 12.8. The van der Waals surface area contributed by atoms with Crippen molar-refractivity contribution in [3.8, 4) is 0 Å². The number of carbonyl (C=O) groups excluding carboxylic acids is 1. The number of piperidine rings is 1. The molecule has 0 bridgehead atoms. The van der Waals surface area contributed by atoms with Crippen LogP contribution in [0.15, 0.2) is 29.6 Å². The fourth-order valence-electron chi connectivity index (χ4n) is 3.17. The van der Waals surface area contributed by atoms with Crippen LogP contribution < -0.4 is 0 Å². The van der Waals surface area contributed by atoms with Crippen molar-refractivity contribution in [1.29, 1.82) is 0 Å². The van der Waals surface area contributed by atoms with E-state index in [1.807, 2.05) is 0 Å². The van der Waals surface area contributed by atoms with Crippen LogP contribution in [0.4, 0.5) is 13.2 Å². The molecule has 1 N–H and O–H groups in total. The van der Waals surface area contributed by atoms with Crippen LogP contribution in [0, 0.1) is 0 Å². The summed E-state index contributed by atoms with van der Waals surface area (Å²) in [4.78, 5) is 29.2. The summed E-state index contributed by atoms with van der Waals surface area (Å²) < 4.78 is 38.3. The van der Waals surface area contributed by atoms with Gasteiger partial charge in [0.05, 0.1) is 17.0 Å². The summed E-state index contributed by atoms with van der Waals surface area (Å²) in [6.07, 6.45) is -3.20. The quantitative estimate of drug-likeness (QED) is 0.850. The average Bonchev–Trinajstić information content (AvgIpc) is 3.13. The van der Waals surface area contributed by atoms with E-state index < -0.39 is 17.8 Å². The van der Waals surface area contributed by atoms with Crippen LogP contribution in [0.3, 0.4) is 0 Å². The Hall–Kier alpha value is -2.42. The molecule has 1 unspecified atom stereocenters. The van der Waals surface area contributed by atoms with Gasteiger partial charge in [0.2, 0.25) is 5.91 Å². The van der Waals surface area contributed by atoms with E-state index in [4.69, 9.17) is 0 Å². The fraction of sp³-hybridized carbons (Fsp3) is 0.389. The smallest absolute Gasteiger partial charge is 0.434 e. The van der Waals surface area contributed by atoms with Gasteiger partial charge < -0.3 is 10.0 Å². The molecule has 0 spiro atoms. The molecular weight excluding hydrogens is 381 g/mol. The second-order valence-electron chi connectivity index (χ2n) is 6.39. The van der Waals surface area contributed by atoms with E-state index in [0.717, 1.165) is 16.7 Å². The first-order valence-corrected chi connectivity index (χ1v) is 9.25. The van der Waals surface area contributed by atoms with Gasteiger partial charge in [-0.3, -0.25) is 4.79 Å². The monoisotopic (exact) mass is 398 g/mol. The zero-order valence-corrected chi connectivity index (χ0v) is 15.0. The highest BCUT2D eigenvalue weighted by atomic mass is 32.1. The molecule has 0 aliphatic carbocycles. The Kier molecular flexibility index (Phi) is 5.50. The highest BCUT2D eigenvalue weighted by Gasteiger charge is 2.35. The highest BCUT2D eigenvalue weighted by Crippen LogP contribution is 2.35.